The standard InChI is InChI=1S/C23H28N2O2/c1-24-15-12-22(13-16-24,19-8-4-2-5-9-19)21(26)25-17-14-23(27,18-25)20-10-6-3-7-11-20/h2-11,27H,12-18H2,1H3/t23-/m1/s1. The van der Waals surface area contributed by atoms with Crippen molar-refractivity contribution in [3.05, 3.63) is 71.8 Å². The van der Waals surface area contributed by atoms with E-state index < -0.39 is 11.0 Å². The maximum Gasteiger partial charge on any atom is 0.233 e. The second-order valence-corrected chi connectivity index (χ2v) is 8.13. The molecule has 4 nitrogen and oxygen atoms in total. The lowest BCUT2D eigenvalue weighted by Crippen LogP contribution is -2.52. The van der Waals surface area contributed by atoms with E-state index >= 15 is 0 Å². The zero-order valence-corrected chi connectivity index (χ0v) is 16.0. The van der Waals surface area contributed by atoms with E-state index in [-0.39, 0.29) is 5.91 Å². The molecule has 0 spiro atoms. The second kappa shape index (κ2) is 7.10. The monoisotopic (exact) mass is 364 g/mol. The first-order chi connectivity index (χ1) is 13.0. The van der Waals surface area contributed by atoms with Crippen LogP contribution in [0.25, 0.3) is 0 Å². The third-order valence-corrected chi connectivity index (χ3v) is 6.42. The Bertz CT molecular complexity index is 785. The lowest BCUT2D eigenvalue weighted by Gasteiger charge is -2.42. The summed E-state index contributed by atoms with van der Waals surface area (Å²) in [4.78, 5) is 17.9. The second-order valence-electron chi connectivity index (χ2n) is 8.13. The summed E-state index contributed by atoms with van der Waals surface area (Å²) in [6.07, 6.45) is 2.24. The van der Waals surface area contributed by atoms with Gasteiger partial charge in [0, 0.05) is 6.54 Å². The van der Waals surface area contributed by atoms with Crippen LogP contribution >= 0.6 is 0 Å². The number of aliphatic hydroxyl groups is 1. The van der Waals surface area contributed by atoms with Gasteiger partial charge in [0.05, 0.1) is 12.0 Å². The zero-order valence-electron chi connectivity index (χ0n) is 16.0. The van der Waals surface area contributed by atoms with Crippen LogP contribution in [0.15, 0.2) is 60.7 Å². The number of piperidine rings is 1. The highest BCUT2D eigenvalue weighted by Crippen LogP contribution is 2.40. The predicted molar refractivity (Wildman–Crippen MR) is 106 cm³/mol. The molecule has 1 amide bonds. The molecule has 0 radical (unpaired) electrons. The molecular formula is C23H28N2O2. The summed E-state index contributed by atoms with van der Waals surface area (Å²) in [5.74, 6) is 0.175. The molecule has 2 aromatic carbocycles. The number of rotatable bonds is 3. The lowest BCUT2D eigenvalue weighted by molar-refractivity contribution is -0.139. The SMILES string of the molecule is CN1CCC(C(=O)N2CC[C@](O)(c3ccccc3)C2)(c2ccccc2)CC1. The van der Waals surface area contributed by atoms with Crippen molar-refractivity contribution < 1.29 is 9.90 Å². The van der Waals surface area contributed by atoms with Gasteiger partial charge in [-0.3, -0.25) is 4.79 Å². The molecule has 0 aliphatic carbocycles. The molecular weight excluding hydrogens is 336 g/mol. The van der Waals surface area contributed by atoms with Crippen molar-refractivity contribution in [2.24, 2.45) is 0 Å². The number of hydrogen-bond acceptors (Lipinski definition) is 3. The van der Waals surface area contributed by atoms with Gasteiger partial charge >= 0.3 is 0 Å². The van der Waals surface area contributed by atoms with Crippen molar-refractivity contribution in [3.63, 3.8) is 0 Å². The highest BCUT2D eigenvalue weighted by molar-refractivity contribution is 5.89. The molecule has 1 atom stereocenters. The van der Waals surface area contributed by atoms with Gasteiger partial charge in [0.15, 0.2) is 0 Å². The molecule has 2 aliphatic heterocycles. The van der Waals surface area contributed by atoms with Crippen LogP contribution in [-0.4, -0.2) is 54.0 Å². The van der Waals surface area contributed by atoms with E-state index in [4.69, 9.17) is 0 Å². The summed E-state index contributed by atoms with van der Waals surface area (Å²) in [7, 11) is 2.11. The van der Waals surface area contributed by atoms with Crippen LogP contribution in [0, 0.1) is 0 Å². The minimum Gasteiger partial charge on any atom is -0.383 e. The smallest absolute Gasteiger partial charge is 0.233 e. The summed E-state index contributed by atoms with van der Waals surface area (Å²) < 4.78 is 0. The zero-order chi connectivity index (χ0) is 18.9. The van der Waals surface area contributed by atoms with Crippen LogP contribution in [-0.2, 0) is 15.8 Å². The average molecular weight is 364 g/mol. The number of amides is 1. The summed E-state index contributed by atoms with van der Waals surface area (Å²) in [5, 5.41) is 11.2. The van der Waals surface area contributed by atoms with Gasteiger partial charge in [-0.05, 0) is 50.5 Å². The molecule has 1 N–H and O–H groups in total. The predicted octanol–water partition coefficient (Wildman–Crippen LogP) is 2.77. The summed E-state index contributed by atoms with van der Waals surface area (Å²) in [6, 6.07) is 20.0. The molecule has 4 heteroatoms. The highest BCUT2D eigenvalue weighted by Gasteiger charge is 2.48. The fourth-order valence-corrected chi connectivity index (χ4v) is 4.64. The van der Waals surface area contributed by atoms with Crippen LogP contribution in [0.4, 0.5) is 0 Å². The topological polar surface area (TPSA) is 43.8 Å². The van der Waals surface area contributed by atoms with E-state index in [1.807, 2.05) is 53.4 Å². The largest absolute Gasteiger partial charge is 0.383 e. The third kappa shape index (κ3) is 3.28. The number of hydrogen-bond donors (Lipinski definition) is 1. The van der Waals surface area contributed by atoms with Gasteiger partial charge in [0.25, 0.3) is 0 Å². The van der Waals surface area contributed by atoms with Crippen LogP contribution in [0.5, 0.6) is 0 Å². The summed E-state index contributed by atoms with van der Waals surface area (Å²) in [6.45, 7) is 2.81. The van der Waals surface area contributed by atoms with Crippen molar-refractivity contribution in [1.29, 1.82) is 0 Å². The van der Waals surface area contributed by atoms with Gasteiger partial charge in [-0.15, -0.1) is 0 Å². The Morgan fingerprint density at radius 1 is 0.852 bits per heavy atom. The van der Waals surface area contributed by atoms with E-state index in [0.29, 0.717) is 19.5 Å². The normalized spacial score (nSPS) is 25.5. The number of carbonyl (C=O) groups is 1. The molecule has 4 rings (SSSR count). The van der Waals surface area contributed by atoms with E-state index in [1.165, 1.54) is 0 Å². The minimum absolute atomic E-state index is 0.175. The summed E-state index contributed by atoms with van der Waals surface area (Å²) in [5.41, 5.74) is 0.589. The van der Waals surface area contributed by atoms with Crippen LogP contribution in [0.1, 0.15) is 30.4 Å². The van der Waals surface area contributed by atoms with E-state index in [2.05, 4.69) is 24.1 Å². The van der Waals surface area contributed by atoms with Crippen LogP contribution in [0.2, 0.25) is 0 Å². The molecule has 0 aromatic heterocycles. The van der Waals surface area contributed by atoms with Crippen LogP contribution in [0.3, 0.4) is 0 Å². The fraction of sp³-hybridized carbons (Fsp3) is 0.435. The van der Waals surface area contributed by atoms with E-state index in [1.54, 1.807) is 0 Å². The Hall–Kier alpha value is -2.17. The lowest BCUT2D eigenvalue weighted by atomic mass is 9.71. The van der Waals surface area contributed by atoms with Gasteiger partial charge in [0.2, 0.25) is 5.91 Å². The summed E-state index contributed by atoms with van der Waals surface area (Å²) >= 11 is 0. The van der Waals surface area contributed by atoms with Crippen molar-refractivity contribution in [3.8, 4) is 0 Å². The molecule has 2 fully saturated rings. The quantitative estimate of drug-likeness (QED) is 0.911. The fourth-order valence-electron chi connectivity index (χ4n) is 4.64. The Morgan fingerprint density at radius 2 is 1.41 bits per heavy atom. The first-order valence-electron chi connectivity index (χ1n) is 9.85. The minimum atomic E-state index is -0.944. The maximum atomic E-state index is 13.7. The number of β-amino-alcohol motifs (C(OH)–C–C–N with tert-alkyl or cyclic N) is 1. The Labute approximate surface area is 161 Å². The van der Waals surface area contributed by atoms with Crippen molar-refractivity contribution in [2.45, 2.75) is 30.3 Å². The first-order valence-corrected chi connectivity index (χ1v) is 9.85. The molecule has 142 valence electrons. The third-order valence-electron chi connectivity index (χ3n) is 6.42. The maximum absolute atomic E-state index is 13.7. The number of nitrogens with zero attached hydrogens (tertiary/aromatic N) is 2. The van der Waals surface area contributed by atoms with Crippen LogP contribution < -0.4 is 0 Å². The van der Waals surface area contributed by atoms with Gasteiger partial charge in [-0.1, -0.05) is 60.7 Å². The molecule has 27 heavy (non-hydrogen) atoms. The molecule has 2 aromatic rings. The van der Waals surface area contributed by atoms with Gasteiger partial charge in [0.1, 0.15) is 5.60 Å². The molecule has 0 bridgehead atoms. The van der Waals surface area contributed by atoms with Gasteiger partial charge in [-0.2, -0.15) is 0 Å². The van der Waals surface area contributed by atoms with E-state index in [0.717, 1.165) is 37.1 Å². The van der Waals surface area contributed by atoms with Gasteiger partial charge < -0.3 is 14.9 Å². The Morgan fingerprint density at radius 3 is 2.00 bits per heavy atom. The molecule has 2 aliphatic rings. The number of carbonyl (C=O) groups excluding carboxylic acids is 1. The van der Waals surface area contributed by atoms with Crippen molar-refractivity contribution >= 4 is 5.91 Å². The number of likely N-dealkylation sites (tertiary alicyclic amines) is 2. The Balaban J connectivity index is 1.62. The Kier molecular flexibility index (Phi) is 4.79. The molecule has 0 saturated carbocycles. The number of benzene rings is 2. The van der Waals surface area contributed by atoms with E-state index in [9.17, 15) is 9.90 Å². The van der Waals surface area contributed by atoms with Gasteiger partial charge in [-0.25, -0.2) is 0 Å². The first kappa shape index (κ1) is 18.2. The molecule has 0 unspecified atom stereocenters. The highest BCUT2D eigenvalue weighted by atomic mass is 16.3. The van der Waals surface area contributed by atoms with Crippen molar-refractivity contribution in [1.82, 2.24) is 9.80 Å². The average Bonchev–Trinajstić information content (AvgIpc) is 3.13. The molecule has 2 saturated heterocycles. The van der Waals surface area contributed by atoms with Crippen molar-refractivity contribution in [2.75, 3.05) is 33.2 Å². The molecule has 2 heterocycles.